The summed E-state index contributed by atoms with van der Waals surface area (Å²) in [6.45, 7) is 7.39. The third-order valence-electron chi connectivity index (χ3n) is 9.52. The highest BCUT2D eigenvalue weighted by Crippen LogP contribution is 2.15. The fourth-order valence-corrected chi connectivity index (χ4v) is 6.29. The van der Waals surface area contributed by atoms with Gasteiger partial charge in [-0.1, -0.05) is 187 Å². The van der Waals surface area contributed by atoms with E-state index in [4.69, 9.17) is 4.74 Å². The predicted octanol–water partition coefficient (Wildman–Crippen LogP) is 12.1. The van der Waals surface area contributed by atoms with Crippen molar-refractivity contribution in [3.05, 3.63) is 0 Å². The van der Waals surface area contributed by atoms with Gasteiger partial charge in [0.1, 0.15) is 6.61 Å². The number of rotatable bonds is 38. The molecule has 0 fully saturated rings. The van der Waals surface area contributed by atoms with Crippen LogP contribution in [0.15, 0.2) is 0 Å². The van der Waals surface area contributed by atoms with Crippen molar-refractivity contribution in [3.63, 3.8) is 0 Å². The third-order valence-corrected chi connectivity index (χ3v) is 9.52. The number of carbonyl (C=O) groups is 2. The summed E-state index contributed by atoms with van der Waals surface area (Å²) in [4.78, 5) is 26.3. The van der Waals surface area contributed by atoms with Crippen LogP contribution in [0.4, 0.5) is 0 Å². The minimum absolute atomic E-state index is 0.0649. The predicted molar refractivity (Wildman–Crippen MR) is 201 cm³/mol. The number of amides is 1. The third kappa shape index (κ3) is 37.4. The molecule has 0 saturated heterocycles. The summed E-state index contributed by atoms with van der Waals surface area (Å²) < 4.78 is 5.43. The number of nitrogens with one attached hydrogen (secondary N) is 1. The molecule has 274 valence electrons. The van der Waals surface area contributed by atoms with Gasteiger partial charge in [0.15, 0.2) is 0 Å². The van der Waals surface area contributed by atoms with Gasteiger partial charge in [-0.05, 0) is 32.9 Å². The minimum Gasteiger partial charge on any atom is -0.464 e. The molecular formula is C41H82N2O3. The van der Waals surface area contributed by atoms with Crippen molar-refractivity contribution in [2.45, 2.75) is 219 Å². The summed E-state index contributed by atoms with van der Waals surface area (Å²) >= 11 is 0. The van der Waals surface area contributed by atoms with Gasteiger partial charge >= 0.3 is 5.97 Å². The van der Waals surface area contributed by atoms with Crippen LogP contribution in [-0.4, -0.2) is 50.1 Å². The van der Waals surface area contributed by atoms with Gasteiger partial charge < -0.3 is 15.0 Å². The zero-order chi connectivity index (χ0) is 33.6. The number of likely N-dealkylation sites (N-methyl/N-ethyl adjacent to an activating group) is 1. The van der Waals surface area contributed by atoms with Crippen LogP contribution in [0.3, 0.4) is 0 Å². The summed E-state index contributed by atoms with van der Waals surface area (Å²) in [5, 5.41) is 3.09. The standard InChI is InChI=1S/C41H82N2O3/c1-4-6-8-10-12-14-16-18-19-20-22-24-26-28-30-32-36-42-40(44)34-33-37-43(3)38-39-46-41(45)35-31-29-27-25-23-21-17-15-13-11-9-7-5-2/h4-39H2,1-3H3,(H,42,44). The van der Waals surface area contributed by atoms with Crippen molar-refractivity contribution in [3.8, 4) is 0 Å². The van der Waals surface area contributed by atoms with Gasteiger partial charge in [0.05, 0.1) is 0 Å². The van der Waals surface area contributed by atoms with Crippen LogP contribution in [-0.2, 0) is 14.3 Å². The normalized spacial score (nSPS) is 11.4. The first-order valence-corrected chi connectivity index (χ1v) is 20.7. The van der Waals surface area contributed by atoms with E-state index in [1.54, 1.807) is 0 Å². The molecule has 0 saturated carbocycles. The van der Waals surface area contributed by atoms with Crippen LogP contribution >= 0.6 is 0 Å². The largest absolute Gasteiger partial charge is 0.464 e. The summed E-state index contributed by atoms with van der Waals surface area (Å²) in [6.07, 6.45) is 40.9. The second-order valence-corrected chi connectivity index (χ2v) is 14.3. The van der Waals surface area contributed by atoms with E-state index in [1.165, 1.54) is 167 Å². The maximum absolute atomic E-state index is 12.2. The van der Waals surface area contributed by atoms with Crippen molar-refractivity contribution in [2.75, 3.05) is 33.3 Å². The summed E-state index contributed by atoms with van der Waals surface area (Å²) in [5.74, 6) is 0.100. The first kappa shape index (κ1) is 44.9. The molecule has 0 aromatic carbocycles. The van der Waals surface area contributed by atoms with E-state index in [9.17, 15) is 9.59 Å². The lowest BCUT2D eigenvalue weighted by molar-refractivity contribution is -0.144. The lowest BCUT2D eigenvalue weighted by atomic mass is 10.0. The topological polar surface area (TPSA) is 58.6 Å². The number of carbonyl (C=O) groups excluding carboxylic acids is 2. The van der Waals surface area contributed by atoms with Gasteiger partial charge in [-0.25, -0.2) is 0 Å². The first-order chi connectivity index (χ1) is 22.6. The molecule has 0 bridgehead atoms. The molecule has 0 aliphatic heterocycles. The van der Waals surface area contributed by atoms with E-state index in [2.05, 4.69) is 24.1 Å². The highest BCUT2D eigenvalue weighted by atomic mass is 16.5. The Morgan fingerprint density at radius 3 is 1.24 bits per heavy atom. The molecule has 0 rings (SSSR count). The van der Waals surface area contributed by atoms with Gasteiger partial charge in [-0.15, -0.1) is 0 Å². The van der Waals surface area contributed by atoms with Crippen LogP contribution in [0, 0.1) is 0 Å². The SMILES string of the molecule is CCCCCCCCCCCCCCCCCCNC(=O)CCCN(C)CCOC(=O)CCCCCCCCCCCCCCC. The number of esters is 1. The molecule has 0 heterocycles. The minimum atomic E-state index is -0.0649. The van der Waals surface area contributed by atoms with Gasteiger partial charge in [0, 0.05) is 25.9 Å². The maximum Gasteiger partial charge on any atom is 0.305 e. The fourth-order valence-electron chi connectivity index (χ4n) is 6.29. The molecule has 0 atom stereocenters. The van der Waals surface area contributed by atoms with Crippen molar-refractivity contribution in [1.82, 2.24) is 10.2 Å². The summed E-state index contributed by atoms with van der Waals surface area (Å²) in [6, 6.07) is 0. The number of nitrogens with zero attached hydrogens (tertiary/aromatic N) is 1. The molecule has 1 amide bonds. The van der Waals surface area contributed by atoms with Crippen molar-refractivity contribution in [2.24, 2.45) is 0 Å². The average Bonchev–Trinajstić information content (AvgIpc) is 3.04. The number of ether oxygens (including phenoxy) is 1. The number of unbranched alkanes of at least 4 members (excludes halogenated alkanes) is 27. The molecule has 0 aliphatic carbocycles. The van der Waals surface area contributed by atoms with Crippen LogP contribution in [0.5, 0.6) is 0 Å². The molecule has 0 aliphatic rings. The van der Waals surface area contributed by atoms with Crippen LogP contribution in [0.1, 0.15) is 219 Å². The molecule has 5 nitrogen and oxygen atoms in total. The lowest BCUT2D eigenvalue weighted by Crippen LogP contribution is -2.28. The van der Waals surface area contributed by atoms with E-state index in [1.807, 2.05) is 7.05 Å². The Morgan fingerprint density at radius 1 is 0.457 bits per heavy atom. The van der Waals surface area contributed by atoms with E-state index < -0.39 is 0 Å². The van der Waals surface area contributed by atoms with Crippen LogP contribution in [0.25, 0.3) is 0 Å². The molecule has 0 aromatic heterocycles. The monoisotopic (exact) mass is 651 g/mol. The second-order valence-electron chi connectivity index (χ2n) is 14.3. The van der Waals surface area contributed by atoms with Crippen molar-refractivity contribution in [1.29, 1.82) is 0 Å². The van der Waals surface area contributed by atoms with E-state index in [-0.39, 0.29) is 11.9 Å². The van der Waals surface area contributed by atoms with Gasteiger partial charge in [-0.2, -0.15) is 0 Å². The molecule has 46 heavy (non-hydrogen) atoms. The Hall–Kier alpha value is -1.10. The summed E-state index contributed by atoms with van der Waals surface area (Å²) in [7, 11) is 2.04. The van der Waals surface area contributed by atoms with Crippen LogP contribution in [0.2, 0.25) is 0 Å². The highest BCUT2D eigenvalue weighted by Gasteiger charge is 2.06. The van der Waals surface area contributed by atoms with Gasteiger partial charge in [-0.3, -0.25) is 9.59 Å². The molecule has 5 heteroatoms. The van der Waals surface area contributed by atoms with Crippen LogP contribution < -0.4 is 5.32 Å². The molecule has 0 radical (unpaired) electrons. The molecule has 0 aromatic rings. The molecule has 0 unspecified atom stereocenters. The smallest absolute Gasteiger partial charge is 0.305 e. The highest BCUT2D eigenvalue weighted by molar-refractivity contribution is 5.75. The zero-order valence-electron chi connectivity index (χ0n) is 31.6. The Kier molecular flexibility index (Phi) is 37.4. The first-order valence-electron chi connectivity index (χ1n) is 20.7. The van der Waals surface area contributed by atoms with Gasteiger partial charge in [0.2, 0.25) is 5.91 Å². The Morgan fingerprint density at radius 2 is 0.826 bits per heavy atom. The maximum atomic E-state index is 12.2. The Balaban J connectivity index is 3.35. The van der Waals surface area contributed by atoms with E-state index in [0.717, 1.165) is 45.3 Å². The van der Waals surface area contributed by atoms with Crippen molar-refractivity contribution >= 4 is 11.9 Å². The summed E-state index contributed by atoms with van der Waals surface area (Å²) in [5.41, 5.74) is 0. The number of hydrogen-bond acceptors (Lipinski definition) is 4. The Labute approximate surface area is 288 Å². The molecule has 1 N–H and O–H groups in total. The quantitative estimate of drug-likeness (QED) is 0.0533. The molecular weight excluding hydrogens is 568 g/mol. The zero-order valence-corrected chi connectivity index (χ0v) is 31.6. The van der Waals surface area contributed by atoms with Crippen molar-refractivity contribution < 1.29 is 14.3 Å². The van der Waals surface area contributed by atoms with E-state index >= 15 is 0 Å². The van der Waals surface area contributed by atoms with Gasteiger partial charge in [0.25, 0.3) is 0 Å². The fraction of sp³-hybridized carbons (Fsp3) is 0.951. The second kappa shape index (κ2) is 38.3. The average molecular weight is 651 g/mol. The molecule has 0 spiro atoms. The lowest BCUT2D eigenvalue weighted by Gasteiger charge is -2.16. The van der Waals surface area contributed by atoms with E-state index in [0.29, 0.717) is 19.4 Å². The Bertz CT molecular complexity index is 627. The number of hydrogen-bond donors (Lipinski definition) is 1.